The van der Waals surface area contributed by atoms with Crippen LogP contribution in [-0.4, -0.2) is 17.9 Å². The van der Waals surface area contributed by atoms with Crippen LogP contribution in [0.25, 0.3) is 0 Å². The van der Waals surface area contributed by atoms with Crippen molar-refractivity contribution in [1.29, 1.82) is 5.41 Å². The molecule has 0 aromatic carbocycles. The molecule has 1 spiro atoms. The lowest BCUT2D eigenvalue weighted by molar-refractivity contribution is -0.132. The highest BCUT2D eigenvalue weighted by Gasteiger charge is 2.65. The number of ether oxygens (including phenoxy) is 1. The molecule has 0 amide bonds. The minimum Gasteiger partial charge on any atom is -0.366 e. The van der Waals surface area contributed by atoms with Crippen LogP contribution in [-0.2, 0) is 4.74 Å². The second-order valence-electron chi connectivity index (χ2n) is 9.80. The van der Waals surface area contributed by atoms with Crippen molar-refractivity contribution in [2.75, 3.05) is 6.61 Å². The zero-order chi connectivity index (χ0) is 17.9. The molecule has 0 saturated heterocycles. The van der Waals surface area contributed by atoms with Gasteiger partial charge in [-0.15, -0.1) is 0 Å². The van der Waals surface area contributed by atoms with E-state index in [2.05, 4.69) is 32.1 Å². The Bertz CT molecular complexity index is 663. The summed E-state index contributed by atoms with van der Waals surface area (Å²) < 4.78 is 6.48. The Labute approximate surface area is 159 Å². The third-order valence-electron chi connectivity index (χ3n) is 9.36. The largest absolute Gasteiger partial charge is 0.366 e. The van der Waals surface area contributed by atoms with Gasteiger partial charge in [-0.05, 0) is 87.0 Å². The zero-order valence-electron chi connectivity index (χ0n) is 16.6. The fourth-order valence-electron chi connectivity index (χ4n) is 8.37. The van der Waals surface area contributed by atoms with Crippen LogP contribution in [0.5, 0.6) is 0 Å². The highest BCUT2D eigenvalue weighted by molar-refractivity contribution is 5.93. The number of fused-ring (bicyclic) bond motifs is 6. The van der Waals surface area contributed by atoms with Crippen LogP contribution >= 0.6 is 0 Å². The van der Waals surface area contributed by atoms with Crippen LogP contribution in [0, 0.1) is 40.4 Å². The molecule has 0 aromatic heterocycles. The molecule has 1 heterocycles. The maximum atomic E-state index is 8.15. The summed E-state index contributed by atoms with van der Waals surface area (Å²) in [5, 5.41) is 8.15. The van der Waals surface area contributed by atoms with E-state index in [1.165, 1.54) is 51.4 Å². The molecule has 7 atom stereocenters. The third-order valence-corrected chi connectivity index (χ3v) is 9.36. The maximum Gasteiger partial charge on any atom is 0.0926 e. The van der Waals surface area contributed by atoms with Gasteiger partial charge in [-0.3, -0.25) is 0 Å². The van der Waals surface area contributed by atoms with Gasteiger partial charge in [-0.2, -0.15) is 0 Å². The van der Waals surface area contributed by atoms with E-state index in [1.54, 1.807) is 5.57 Å². The molecule has 1 N–H and O–H groups in total. The minimum atomic E-state index is 0.0560. The normalized spacial score (nSPS) is 49.7. The summed E-state index contributed by atoms with van der Waals surface area (Å²) in [7, 11) is 0. The summed E-state index contributed by atoms with van der Waals surface area (Å²) in [5.41, 5.74) is 2.97. The van der Waals surface area contributed by atoms with Gasteiger partial charge in [0.05, 0.1) is 12.2 Å². The molecule has 2 heteroatoms. The lowest BCUT2D eigenvalue weighted by atomic mass is 9.47. The SMILES string of the molecule is CCC1CC2=CC(=N)CC[C@@H]2C2CC[C@@]3(CC)C(CC[C@@]34C=CCO4)C12. The number of allylic oxidation sites excluding steroid dienone is 2. The van der Waals surface area contributed by atoms with E-state index in [-0.39, 0.29) is 5.60 Å². The molecule has 5 rings (SSSR count). The highest BCUT2D eigenvalue weighted by atomic mass is 16.5. The van der Waals surface area contributed by atoms with Crippen LogP contribution in [0.3, 0.4) is 0 Å². The molecule has 5 aliphatic rings. The summed E-state index contributed by atoms with van der Waals surface area (Å²) in [6.45, 7) is 5.68. The van der Waals surface area contributed by atoms with Gasteiger partial charge < -0.3 is 10.1 Å². The Kier molecular flexibility index (Phi) is 4.01. The first kappa shape index (κ1) is 17.2. The molecule has 4 aliphatic carbocycles. The van der Waals surface area contributed by atoms with E-state index in [0.717, 1.165) is 48.3 Å². The lowest BCUT2D eigenvalue weighted by Crippen LogP contribution is -2.55. The van der Waals surface area contributed by atoms with Crippen molar-refractivity contribution in [1.82, 2.24) is 0 Å². The molecule has 26 heavy (non-hydrogen) atoms. The molecule has 3 fully saturated rings. The molecule has 0 bridgehead atoms. The van der Waals surface area contributed by atoms with Gasteiger partial charge in [-0.1, -0.05) is 38.0 Å². The number of rotatable bonds is 2. The lowest BCUT2D eigenvalue weighted by Gasteiger charge is -2.59. The fraction of sp³-hybridized carbons (Fsp3) is 0.792. The van der Waals surface area contributed by atoms with Crippen LogP contribution in [0.2, 0.25) is 0 Å². The van der Waals surface area contributed by atoms with Crippen LogP contribution in [0.4, 0.5) is 0 Å². The summed E-state index contributed by atoms with van der Waals surface area (Å²) in [6, 6.07) is 0. The standard InChI is InChI=1S/C24H35NO/c1-3-16-14-17-15-18(25)6-7-19(17)20-8-11-23(4-2)21(22(16)20)9-12-24(23)10-5-13-26-24/h5,10,15-16,19-22,25H,3-4,6-9,11-14H2,1-2H3/t16?,19-,20?,21?,22?,23-,24-/m0/s1. The first-order valence-corrected chi connectivity index (χ1v) is 11.2. The first-order valence-electron chi connectivity index (χ1n) is 11.2. The van der Waals surface area contributed by atoms with E-state index in [4.69, 9.17) is 10.1 Å². The van der Waals surface area contributed by atoms with E-state index < -0.39 is 0 Å². The summed E-state index contributed by atoms with van der Waals surface area (Å²) >= 11 is 0. The highest BCUT2D eigenvalue weighted by Crippen LogP contribution is 2.69. The van der Waals surface area contributed by atoms with E-state index >= 15 is 0 Å². The summed E-state index contributed by atoms with van der Waals surface area (Å²) in [6.07, 6.45) is 18.5. The minimum absolute atomic E-state index is 0.0560. The topological polar surface area (TPSA) is 33.1 Å². The predicted molar refractivity (Wildman–Crippen MR) is 106 cm³/mol. The fourth-order valence-corrected chi connectivity index (χ4v) is 8.37. The quantitative estimate of drug-likeness (QED) is 0.613. The Morgan fingerprint density at radius 3 is 2.81 bits per heavy atom. The molecule has 1 aliphatic heterocycles. The molecular formula is C24H35NO. The molecule has 4 unspecified atom stereocenters. The summed E-state index contributed by atoms with van der Waals surface area (Å²) in [4.78, 5) is 0. The van der Waals surface area contributed by atoms with Crippen LogP contribution < -0.4 is 0 Å². The Morgan fingerprint density at radius 1 is 1.19 bits per heavy atom. The van der Waals surface area contributed by atoms with Gasteiger partial charge in [0.2, 0.25) is 0 Å². The number of nitrogens with one attached hydrogen (secondary N) is 1. The Hall–Kier alpha value is -0.890. The van der Waals surface area contributed by atoms with Gasteiger partial charge >= 0.3 is 0 Å². The van der Waals surface area contributed by atoms with Crippen molar-refractivity contribution in [3.05, 3.63) is 23.8 Å². The second kappa shape index (κ2) is 6.06. The van der Waals surface area contributed by atoms with Crippen LogP contribution in [0.1, 0.15) is 71.6 Å². The van der Waals surface area contributed by atoms with E-state index in [9.17, 15) is 0 Å². The Morgan fingerprint density at radius 2 is 2.08 bits per heavy atom. The predicted octanol–water partition coefficient (Wildman–Crippen LogP) is 5.93. The zero-order valence-corrected chi connectivity index (χ0v) is 16.6. The van der Waals surface area contributed by atoms with Crippen molar-refractivity contribution < 1.29 is 4.74 Å². The maximum absolute atomic E-state index is 8.15. The van der Waals surface area contributed by atoms with Crippen LogP contribution in [0.15, 0.2) is 23.8 Å². The van der Waals surface area contributed by atoms with Crippen molar-refractivity contribution >= 4 is 5.71 Å². The van der Waals surface area contributed by atoms with Crippen molar-refractivity contribution in [3.8, 4) is 0 Å². The number of hydrogen-bond donors (Lipinski definition) is 1. The molecule has 2 nitrogen and oxygen atoms in total. The third kappa shape index (κ3) is 2.11. The molecule has 0 aromatic rings. The monoisotopic (exact) mass is 353 g/mol. The van der Waals surface area contributed by atoms with E-state index in [0.29, 0.717) is 5.41 Å². The van der Waals surface area contributed by atoms with Gasteiger partial charge in [0.15, 0.2) is 0 Å². The first-order chi connectivity index (χ1) is 12.6. The van der Waals surface area contributed by atoms with E-state index in [1.807, 2.05) is 0 Å². The molecular weight excluding hydrogens is 318 g/mol. The van der Waals surface area contributed by atoms with Crippen molar-refractivity contribution in [2.45, 2.75) is 77.2 Å². The van der Waals surface area contributed by atoms with Gasteiger partial charge in [0, 0.05) is 11.1 Å². The Balaban J connectivity index is 1.54. The van der Waals surface area contributed by atoms with Gasteiger partial charge in [0.1, 0.15) is 0 Å². The number of hydrogen-bond acceptors (Lipinski definition) is 2. The summed E-state index contributed by atoms with van der Waals surface area (Å²) in [5.74, 6) is 4.22. The molecule has 142 valence electrons. The smallest absolute Gasteiger partial charge is 0.0926 e. The van der Waals surface area contributed by atoms with Gasteiger partial charge in [-0.25, -0.2) is 0 Å². The van der Waals surface area contributed by atoms with Crippen molar-refractivity contribution in [3.63, 3.8) is 0 Å². The average molecular weight is 354 g/mol. The average Bonchev–Trinajstić information content (AvgIpc) is 3.27. The second-order valence-corrected chi connectivity index (χ2v) is 9.80. The molecule has 3 saturated carbocycles. The van der Waals surface area contributed by atoms with Crippen molar-refractivity contribution in [2.24, 2.45) is 35.0 Å². The van der Waals surface area contributed by atoms with Gasteiger partial charge in [0.25, 0.3) is 0 Å². The molecule has 0 radical (unpaired) electrons.